The molecule has 0 aliphatic heterocycles. The zero-order chi connectivity index (χ0) is 21.0. The van der Waals surface area contributed by atoms with Crippen LogP contribution in [0.5, 0.6) is 0 Å². The Balaban J connectivity index is 1.69. The lowest BCUT2D eigenvalue weighted by Gasteiger charge is -2.13. The molecular formula is C19H14F3N3O3S. The number of urea groups is 1. The summed E-state index contributed by atoms with van der Waals surface area (Å²) >= 11 is 1.11. The average molecular weight is 421 g/mol. The maximum absolute atomic E-state index is 13.0. The molecule has 3 aromatic rings. The van der Waals surface area contributed by atoms with Crippen molar-refractivity contribution in [3.63, 3.8) is 0 Å². The van der Waals surface area contributed by atoms with E-state index in [4.69, 9.17) is 0 Å². The SMILES string of the molecule is COC(=O)c1ccc(-c2csc(NC(=O)Nc3ccccc3C(F)(F)F)n2)cc1. The number of halogens is 3. The number of alkyl halides is 3. The number of thiazole rings is 1. The van der Waals surface area contributed by atoms with E-state index in [1.54, 1.807) is 29.6 Å². The summed E-state index contributed by atoms with van der Waals surface area (Å²) in [4.78, 5) is 27.8. The van der Waals surface area contributed by atoms with Crippen LogP contribution in [0.3, 0.4) is 0 Å². The molecule has 2 amide bonds. The standard InChI is InChI=1S/C19H14F3N3O3S/c1-28-16(26)12-8-6-11(7-9-12)15-10-29-18(24-15)25-17(27)23-14-5-3-2-4-13(14)19(20,21)22/h2-10H,1H3,(H2,23,24,25,27). The number of rotatable bonds is 4. The smallest absolute Gasteiger partial charge is 0.418 e. The van der Waals surface area contributed by atoms with Gasteiger partial charge in [0.15, 0.2) is 5.13 Å². The summed E-state index contributed by atoms with van der Waals surface area (Å²) in [7, 11) is 1.28. The Bertz CT molecular complexity index is 1030. The molecule has 1 aromatic heterocycles. The van der Waals surface area contributed by atoms with E-state index in [2.05, 4.69) is 20.4 Å². The molecule has 0 bridgehead atoms. The van der Waals surface area contributed by atoms with Crippen LogP contribution in [0.2, 0.25) is 0 Å². The van der Waals surface area contributed by atoms with Crippen molar-refractivity contribution in [2.45, 2.75) is 6.18 Å². The molecule has 0 saturated carbocycles. The number of para-hydroxylation sites is 1. The molecule has 6 nitrogen and oxygen atoms in total. The van der Waals surface area contributed by atoms with E-state index in [0.29, 0.717) is 16.8 Å². The minimum atomic E-state index is -4.59. The first-order valence-corrected chi connectivity index (χ1v) is 9.04. The van der Waals surface area contributed by atoms with Crippen LogP contribution in [0.1, 0.15) is 15.9 Å². The number of esters is 1. The van der Waals surface area contributed by atoms with Gasteiger partial charge in [0.05, 0.1) is 29.6 Å². The highest BCUT2D eigenvalue weighted by Crippen LogP contribution is 2.34. The topological polar surface area (TPSA) is 80.3 Å². The molecule has 29 heavy (non-hydrogen) atoms. The Morgan fingerprint density at radius 1 is 1.03 bits per heavy atom. The predicted octanol–water partition coefficient (Wildman–Crippen LogP) is 5.26. The summed E-state index contributed by atoms with van der Waals surface area (Å²) in [5.74, 6) is -0.465. The molecule has 0 aliphatic rings. The Labute approximate surface area is 167 Å². The second kappa shape index (κ2) is 8.31. The van der Waals surface area contributed by atoms with E-state index in [1.165, 1.54) is 25.3 Å². The van der Waals surface area contributed by atoms with Gasteiger partial charge < -0.3 is 10.1 Å². The molecule has 1 heterocycles. The van der Waals surface area contributed by atoms with Gasteiger partial charge in [0, 0.05) is 10.9 Å². The molecular weight excluding hydrogens is 407 g/mol. The first-order chi connectivity index (χ1) is 13.8. The predicted molar refractivity (Wildman–Crippen MR) is 103 cm³/mol. The van der Waals surface area contributed by atoms with Gasteiger partial charge in [-0.25, -0.2) is 14.6 Å². The summed E-state index contributed by atoms with van der Waals surface area (Å²) < 4.78 is 43.7. The summed E-state index contributed by atoms with van der Waals surface area (Å²) in [6.45, 7) is 0. The van der Waals surface area contributed by atoms with Crippen LogP contribution >= 0.6 is 11.3 Å². The van der Waals surface area contributed by atoms with Crippen LogP contribution in [0, 0.1) is 0 Å². The summed E-state index contributed by atoms with van der Waals surface area (Å²) in [5, 5.41) is 6.48. The fourth-order valence-electron chi connectivity index (χ4n) is 2.45. The van der Waals surface area contributed by atoms with Crippen LogP contribution in [0.4, 0.5) is 28.8 Å². The van der Waals surface area contributed by atoms with Gasteiger partial charge in [-0.15, -0.1) is 11.3 Å². The third-order valence-electron chi connectivity index (χ3n) is 3.81. The molecule has 10 heteroatoms. The number of anilines is 2. The summed E-state index contributed by atoms with van der Waals surface area (Å²) in [6.07, 6.45) is -4.59. The second-order valence-corrected chi connectivity index (χ2v) is 6.59. The molecule has 0 atom stereocenters. The summed E-state index contributed by atoms with van der Waals surface area (Å²) in [5.41, 5.74) is 0.322. The zero-order valence-corrected chi connectivity index (χ0v) is 15.7. The van der Waals surface area contributed by atoms with Gasteiger partial charge >= 0.3 is 18.2 Å². The molecule has 0 fully saturated rings. The van der Waals surface area contributed by atoms with Gasteiger partial charge in [-0.05, 0) is 24.3 Å². The van der Waals surface area contributed by atoms with E-state index >= 15 is 0 Å². The number of carbonyl (C=O) groups is 2. The number of nitrogens with zero attached hydrogens (tertiary/aromatic N) is 1. The Morgan fingerprint density at radius 3 is 2.38 bits per heavy atom. The Morgan fingerprint density at radius 2 is 1.72 bits per heavy atom. The first-order valence-electron chi connectivity index (χ1n) is 8.16. The molecule has 150 valence electrons. The van der Waals surface area contributed by atoms with Crippen molar-refractivity contribution >= 4 is 34.2 Å². The minimum absolute atomic E-state index is 0.207. The maximum Gasteiger partial charge on any atom is 0.418 e. The fraction of sp³-hybridized carbons (Fsp3) is 0.105. The third kappa shape index (κ3) is 4.91. The number of hydrogen-bond acceptors (Lipinski definition) is 5. The molecule has 3 rings (SSSR count). The van der Waals surface area contributed by atoms with Crippen LogP contribution in [0.25, 0.3) is 11.3 Å². The highest BCUT2D eigenvalue weighted by molar-refractivity contribution is 7.14. The summed E-state index contributed by atoms with van der Waals surface area (Å²) in [6, 6.07) is 10.3. The normalized spacial score (nSPS) is 11.0. The van der Waals surface area contributed by atoms with Gasteiger partial charge in [-0.3, -0.25) is 5.32 Å². The fourth-order valence-corrected chi connectivity index (χ4v) is 3.16. The van der Waals surface area contributed by atoms with E-state index in [1.807, 2.05) is 0 Å². The lowest BCUT2D eigenvalue weighted by molar-refractivity contribution is -0.136. The number of benzene rings is 2. The van der Waals surface area contributed by atoms with E-state index in [-0.39, 0.29) is 10.8 Å². The number of aromatic nitrogens is 1. The molecule has 2 N–H and O–H groups in total. The number of carbonyl (C=O) groups excluding carboxylic acids is 2. The Hall–Kier alpha value is -3.40. The van der Waals surface area contributed by atoms with Crippen molar-refractivity contribution in [2.24, 2.45) is 0 Å². The zero-order valence-electron chi connectivity index (χ0n) is 14.9. The molecule has 0 aliphatic carbocycles. The van der Waals surface area contributed by atoms with Crippen molar-refractivity contribution < 1.29 is 27.5 Å². The number of hydrogen-bond donors (Lipinski definition) is 2. The number of ether oxygens (including phenoxy) is 1. The molecule has 0 radical (unpaired) electrons. The second-order valence-electron chi connectivity index (χ2n) is 5.73. The van der Waals surface area contributed by atoms with E-state index in [0.717, 1.165) is 17.4 Å². The van der Waals surface area contributed by atoms with Gasteiger partial charge in [-0.1, -0.05) is 24.3 Å². The van der Waals surface area contributed by atoms with Crippen LogP contribution in [0.15, 0.2) is 53.9 Å². The molecule has 0 spiro atoms. The highest BCUT2D eigenvalue weighted by Gasteiger charge is 2.33. The first kappa shape index (κ1) is 20.3. The van der Waals surface area contributed by atoms with Crippen molar-refractivity contribution in [2.75, 3.05) is 17.7 Å². The van der Waals surface area contributed by atoms with Gasteiger partial charge in [0.25, 0.3) is 0 Å². The van der Waals surface area contributed by atoms with Crippen molar-refractivity contribution in [3.8, 4) is 11.3 Å². The van der Waals surface area contributed by atoms with Gasteiger partial charge in [-0.2, -0.15) is 13.2 Å². The largest absolute Gasteiger partial charge is 0.465 e. The maximum atomic E-state index is 13.0. The molecule has 2 aromatic carbocycles. The van der Waals surface area contributed by atoms with Crippen molar-refractivity contribution in [1.82, 2.24) is 4.98 Å². The lowest BCUT2D eigenvalue weighted by Crippen LogP contribution is -2.21. The highest BCUT2D eigenvalue weighted by atomic mass is 32.1. The van der Waals surface area contributed by atoms with Crippen LogP contribution < -0.4 is 10.6 Å². The quantitative estimate of drug-likeness (QED) is 0.563. The molecule has 0 saturated heterocycles. The minimum Gasteiger partial charge on any atom is -0.465 e. The van der Waals surface area contributed by atoms with Crippen molar-refractivity contribution in [1.29, 1.82) is 0 Å². The van der Waals surface area contributed by atoms with Gasteiger partial charge in [0.2, 0.25) is 0 Å². The van der Waals surface area contributed by atoms with E-state index < -0.39 is 23.7 Å². The monoisotopic (exact) mass is 421 g/mol. The van der Waals surface area contributed by atoms with Crippen molar-refractivity contribution in [3.05, 3.63) is 65.0 Å². The Kier molecular flexibility index (Phi) is 5.83. The molecule has 0 unspecified atom stereocenters. The van der Waals surface area contributed by atoms with E-state index in [9.17, 15) is 22.8 Å². The third-order valence-corrected chi connectivity index (χ3v) is 4.56. The van der Waals surface area contributed by atoms with Crippen LogP contribution in [-0.4, -0.2) is 24.1 Å². The number of methoxy groups -OCH3 is 1. The average Bonchev–Trinajstić information content (AvgIpc) is 3.15. The van der Waals surface area contributed by atoms with Crippen LogP contribution in [-0.2, 0) is 10.9 Å². The number of amides is 2. The number of nitrogens with one attached hydrogen (secondary N) is 2. The lowest BCUT2D eigenvalue weighted by atomic mass is 10.1. The van der Waals surface area contributed by atoms with Gasteiger partial charge in [0.1, 0.15) is 0 Å².